The topological polar surface area (TPSA) is 127 Å². The Morgan fingerprint density at radius 1 is 1.10 bits per heavy atom. The second-order valence-electron chi connectivity index (χ2n) is 9.67. The summed E-state index contributed by atoms with van der Waals surface area (Å²) in [5.74, 6) is -4.66. The first kappa shape index (κ1) is 30.4. The molecule has 1 aromatic heterocycles. The number of nitrogens with zero attached hydrogens (tertiary/aromatic N) is 2. The summed E-state index contributed by atoms with van der Waals surface area (Å²) < 4.78 is 54.1. The predicted octanol–water partition coefficient (Wildman–Crippen LogP) is 6.16. The van der Waals surface area contributed by atoms with Crippen LogP contribution in [0.5, 0.6) is 5.88 Å². The number of halogens is 4. The molecule has 0 radical (unpaired) electrons. The summed E-state index contributed by atoms with van der Waals surface area (Å²) >= 11 is 5.84. The molecule has 2 aromatic carbocycles. The number of carboxylic acids is 1. The lowest BCUT2D eigenvalue weighted by Gasteiger charge is -2.28. The van der Waals surface area contributed by atoms with Gasteiger partial charge in [0, 0.05) is 30.3 Å². The van der Waals surface area contributed by atoms with Crippen LogP contribution in [0.1, 0.15) is 42.4 Å². The number of hydrogen-bond acceptors (Lipinski definition) is 7. The van der Waals surface area contributed by atoms with Gasteiger partial charge in [0.1, 0.15) is 11.4 Å². The van der Waals surface area contributed by atoms with Crippen molar-refractivity contribution < 1.29 is 37.3 Å². The third-order valence-corrected chi connectivity index (χ3v) is 5.86. The van der Waals surface area contributed by atoms with Crippen LogP contribution >= 0.6 is 11.6 Å². The van der Waals surface area contributed by atoms with Crippen LogP contribution in [-0.4, -0.2) is 46.3 Å². The molecule has 214 valence electrons. The summed E-state index contributed by atoms with van der Waals surface area (Å²) in [6, 6.07) is 6.84. The Balaban J connectivity index is 2.02. The Morgan fingerprint density at radius 3 is 2.42 bits per heavy atom. The smallest absolute Gasteiger partial charge is 0.410 e. The number of methoxy groups -OCH3 is 1. The summed E-state index contributed by atoms with van der Waals surface area (Å²) in [6.07, 6.45) is -0.724. The highest BCUT2D eigenvalue weighted by atomic mass is 35.5. The number of amides is 1. The van der Waals surface area contributed by atoms with E-state index in [1.54, 1.807) is 32.9 Å². The van der Waals surface area contributed by atoms with Crippen molar-refractivity contribution in [3.8, 4) is 5.88 Å². The van der Waals surface area contributed by atoms with Gasteiger partial charge >= 0.3 is 12.1 Å². The number of carbonyl (C=O) groups excluding carboxylic acids is 1. The fourth-order valence-corrected chi connectivity index (χ4v) is 3.80. The number of rotatable bonds is 9. The van der Waals surface area contributed by atoms with E-state index in [1.165, 1.54) is 7.11 Å². The summed E-state index contributed by atoms with van der Waals surface area (Å²) in [5.41, 5.74) is 4.75. The monoisotopic (exact) mass is 580 g/mol. The number of carbonyl (C=O) groups is 2. The van der Waals surface area contributed by atoms with E-state index in [0.29, 0.717) is 23.3 Å². The Bertz CT molecular complexity index is 1430. The van der Waals surface area contributed by atoms with Crippen molar-refractivity contribution >= 4 is 40.7 Å². The highest BCUT2D eigenvalue weighted by Gasteiger charge is 2.26. The molecule has 0 aliphatic rings. The van der Waals surface area contributed by atoms with Crippen molar-refractivity contribution in [3.05, 3.63) is 75.7 Å². The lowest BCUT2D eigenvalue weighted by molar-refractivity contribution is 0.0233. The number of hydrogen-bond donors (Lipinski definition) is 3. The average Bonchev–Trinajstić information content (AvgIpc) is 2.87. The number of nitrogen functional groups attached to an aromatic ring is 1. The number of aromatic nitrogens is 1. The zero-order valence-electron chi connectivity index (χ0n) is 22.1. The molecule has 0 aliphatic carbocycles. The number of aromatic carboxylic acids is 1. The Labute approximate surface area is 233 Å². The van der Waals surface area contributed by atoms with Gasteiger partial charge in [-0.05, 0) is 51.1 Å². The number of nitrogens with two attached hydrogens (primary N) is 1. The third-order valence-electron chi connectivity index (χ3n) is 5.57. The van der Waals surface area contributed by atoms with Crippen LogP contribution in [0.2, 0.25) is 5.02 Å². The molecule has 0 bridgehead atoms. The number of nitrogens with one attached hydrogen (secondary N) is 1. The van der Waals surface area contributed by atoms with E-state index in [9.17, 15) is 23.5 Å². The third kappa shape index (κ3) is 7.47. The Morgan fingerprint density at radius 2 is 1.80 bits per heavy atom. The molecule has 0 saturated heterocycles. The molecular weight excluding hydrogens is 553 g/mol. The standard InChI is InChI=1S/C27H28ClF3N4O5/c1-27(2,3)40-26(38)35(10-9-21-19(32)6-8-23(34-21)39-4)13-15-20(7-5-17(29)24(15)31)33-22-12-16(28)18(30)11-14(22)25(36)37/h5-8,11-12,33H,9-10,13,32H2,1-4H3,(H,36,37). The maximum Gasteiger partial charge on any atom is 0.410 e. The van der Waals surface area contributed by atoms with Gasteiger partial charge in [-0.1, -0.05) is 11.6 Å². The molecule has 0 unspecified atom stereocenters. The van der Waals surface area contributed by atoms with E-state index in [2.05, 4.69) is 10.3 Å². The largest absolute Gasteiger partial charge is 0.481 e. The van der Waals surface area contributed by atoms with Crippen molar-refractivity contribution in [1.82, 2.24) is 9.88 Å². The van der Waals surface area contributed by atoms with E-state index >= 15 is 4.39 Å². The summed E-state index contributed by atoms with van der Waals surface area (Å²) in [5, 5.41) is 11.8. The van der Waals surface area contributed by atoms with Gasteiger partial charge in [-0.3, -0.25) is 0 Å². The van der Waals surface area contributed by atoms with Gasteiger partial charge in [0.2, 0.25) is 5.88 Å². The molecule has 4 N–H and O–H groups in total. The van der Waals surface area contributed by atoms with Crippen LogP contribution in [0.3, 0.4) is 0 Å². The highest BCUT2D eigenvalue weighted by molar-refractivity contribution is 6.31. The van der Waals surface area contributed by atoms with E-state index in [0.717, 1.165) is 23.1 Å². The van der Waals surface area contributed by atoms with Crippen molar-refractivity contribution in [3.63, 3.8) is 0 Å². The van der Waals surface area contributed by atoms with Crippen LogP contribution in [0.4, 0.5) is 35.0 Å². The molecule has 1 heterocycles. The summed E-state index contributed by atoms with van der Waals surface area (Å²) in [4.78, 5) is 30.2. The van der Waals surface area contributed by atoms with Crippen LogP contribution in [0, 0.1) is 17.5 Å². The van der Waals surface area contributed by atoms with Gasteiger partial charge in [-0.15, -0.1) is 0 Å². The van der Waals surface area contributed by atoms with Gasteiger partial charge in [0.05, 0.1) is 41.3 Å². The normalized spacial score (nSPS) is 11.2. The van der Waals surface area contributed by atoms with Crippen molar-refractivity contribution in [2.24, 2.45) is 0 Å². The molecule has 0 fully saturated rings. The Hall–Kier alpha value is -4.19. The fourth-order valence-electron chi connectivity index (χ4n) is 3.64. The maximum atomic E-state index is 15.2. The minimum atomic E-state index is -1.49. The lowest BCUT2D eigenvalue weighted by Crippen LogP contribution is -2.38. The van der Waals surface area contributed by atoms with Crippen LogP contribution in [-0.2, 0) is 17.7 Å². The van der Waals surface area contributed by atoms with Gasteiger partial charge in [-0.2, -0.15) is 0 Å². The first-order chi connectivity index (χ1) is 18.7. The number of anilines is 3. The van der Waals surface area contributed by atoms with Gasteiger partial charge in [0.15, 0.2) is 11.6 Å². The zero-order valence-corrected chi connectivity index (χ0v) is 22.9. The molecule has 9 nitrogen and oxygen atoms in total. The highest BCUT2D eigenvalue weighted by Crippen LogP contribution is 2.31. The summed E-state index contributed by atoms with van der Waals surface area (Å²) in [6.45, 7) is 4.36. The van der Waals surface area contributed by atoms with Gasteiger partial charge in [0.25, 0.3) is 0 Å². The molecule has 0 atom stereocenters. The molecule has 0 saturated carbocycles. The molecule has 1 amide bonds. The molecular formula is C27H28ClF3N4O5. The van der Waals surface area contributed by atoms with Crippen molar-refractivity contribution in [2.45, 2.75) is 39.3 Å². The SMILES string of the molecule is COc1ccc(N)c(CCN(Cc2c(Nc3cc(Cl)c(F)cc3C(=O)O)ccc(F)c2F)C(=O)OC(C)(C)C)n1. The van der Waals surface area contributed by atoms with Crippen LogP contribution in [0.15, 0.2) is 36.4 Å². The second kappa shape index (κ2) is 12.3. The second-order valence-corrected chi connectivity index (χ2v) is 10.1. The fraction of sp³-hybridized carbons (Fsp3) is 0.296. The maximum absolute atomic E-state index is 15.2. The first-order valence-corrected chi connectivity index (χ1v) is 12.3. The predicted molar refractivity (Wildman–Crippen MR) is 144 cm³/mol. The molecule has 3 aromatic rings. The molecule has 13 heteroatoms. The lowest BCUT2D eigenvalue weighted by atomic mass is 10.1. The minimum Gasteiger partial charge on any atom is -0.481 e. The van der Waals surface area contributed by atoms with Crippen LogP contribution < -0.4 is 15.8 Å². The Kier molecular flexibility index (Phi) is 9.36. The average molecular weight is 581 g/mol. The van der Waals surface area contributed by atoms with Crippen molar-refractivity contribution in [1.29, 1.82) is 0 Å². The van der Waals surface area contributed by atoms with E-state index < -0.39 is 52.2 Å². The molecule has 0 spiro atoms. The number of carboxylic acid groups (broad SMARTS) is 1. The minimum absolute atomic E-state index is 0.0720. The van der Waals surface area contributed by atoms with Gasteiger partial charge < -0.3 is 30.5 Å². The van der Waals surface area contributed by atoms with Crippen molar-refractivity contribution in [2.75, 3.05) is 24.7 Å². The quantitative estimate of drug-likeness (QED) is 0.274. The van der Waals surface area contributed by atoms with Crippen LogP contribution in [0.25, 0.3) is 0 Å². The molecule has 40 heavy (non-hydrogen) atoms. The molecule has 0 aliphatic heterocycles. The van der Waals surface area contributed by atoms with E-state index in [1.807, 2.05) is 0 Å². The zero-order chi connectivity index (χ0) is 29.8. The number of benzene rings is 2. The summed E-state index contributed by atoms with van der Waals surface area (Å²) in [7, 11) is 1.43. The molecule has 3 rings (SSSR count). The first-order valence-electron chi connectivity index (χ1n) is 11.9. The number of pyridine rings is 1. The van der Waals surface area contributed by atoms with E-state index in [-0.39, 0.29) is 29.9 Å². The van der Waals surface area contributed by atoms with E-state index in [4.69, 9.17) is 26.8 Å². The number of ether oxygens (including phenoxy) is 2. The van der Waals surface area contributed by atoms with Gasteiger partial charge in [-0.25, -0.2) is 27.7 Å².